The molecule has 0 bridgehead atoms. The average Bonchev–Trinajstić information content (AvgIpc) is 3.10. The summed E-state index contributed by atoms with van der Waals surface area (Å²) in [6.45, 7) is 6.97. The monoisotopic (exact) mass is 363 g/mol. The van der Waals surface area contributed by atoms with Gasteiger partial charge in [-0.25, -0.2) is 9.13 Å². The van der Waals surface area contributed by atoms with Gasteiger partial charge in [-0.05, 0) is 25.7 Å². The van der Waals surface area contributed by atoms with Gasteiger partial charge in [0.1, 0.15) is 12.4 Å². The second kappa shape index (κ2) is 17.6. The Morgan fingerprint density at radius 2 is 1.04 bits per heavy atom. The molecule has 0 unspecified atom stereocenters. The minimum atomic E-state index is 1.19. The van der Waals surface area contributed by atoms with Crippen LogP contribution in [0.15, 0.2) is 18.7 Å². The number of imidazole rings is 1. The maximum absolute atomic E-state index is 2.38. The van der Waals surface area contributed by atoms with Gasteiger partial charge in [0.2, 0.25) is 6.33 Å². The highest BCUT2D eigenvalue weighted by Crippen LogP contribution is 2.10. The molecule has 0 aliphatic heterocycles. The summed E-state index contributed by atoms with van der Waals surface area (Å²) in [4.78, 5) is 0. The molecule has 0 aliphatic carbocycles. The van der Waals surface area contributed by atoms with Crippen molar-refractivity contribution in [3.05, 3.63) is 18.7 Å². The molecule has 1 aromatic rings. The van der Waals surface area contributed by atoms with E-state index in [0.29, 0.717) is 0 Å². The second-order valence-electron chi connectivity index (χ2n) is 8.19. The summed E-state index contributed by atoms with van der Waals surface area (Å²) in [5.74, 6) is 0. The summed E-state index contributed by atoms with van der Waals surface area (Å²) in [5, 5.41) is 0. The fraction of sp³-hybridized carbons (Fsp3) is 0.875. The topological polar surface area (TPSA) is 8.81 Å². The Balaban J connectivity index is 1.92. The van der Waals surface area contributed by atoms with Crippen LogP contribution in [0, 0.1) is 0 Å². The summed E-state index contributed by atoms with van der Waals surface area (Å²) < 4.78 is 4.76. The van der Waals surface area contributed by atoms with Crippen LogP contribution in [0.2, 0.25) is 0 Å². The zero-order valence-electron chi connectivity index (χ0n) is 18.1. The Kier molecular flexibility index (Phi) is 15.8. The number of unbranched alkanes of at least 4 members (excludes halogenated alkanes) is 15. The number of aromatic nitrogens is 2. The molecule has 0 atom stereocenters. The van der Waals surface area contributed by atoms with Gasteiger partial charge in [0.05, 0.1) is 13.1 Å². The van der Waals surface area contributed by atoms with E-state index in [0.717, 1.165) is 0 Å². The van der Waals surface area contributed by atoms with Crippen LogP contribution in [-0.4, -0.2) is 4.57 Å². The van der Waals surface area contributed by atoms with E-state index in [1.165, 1.54) is 122 Å². The molecule has 0 N–H and O–H groups in total. The molecule has 0 radical (unpaired) electrons. The summed E-state index contributed by atoms with van der Waals surface area (Å²) in [7, 11) is 0. The first-order chi connectivity index (χ1) is 12.9. The molecule has 0 saturated heterocycles. The lowest BCUT2D eigenvalue weighted by Crippen LogP contribution is -2.30. The Morgan fingerprint density at radius 1 is 0.577 bits per heavy atom. The number of nitrogens with zero attached hydrogens (tertiary/aromatic N) is 2. The van der Waals surface area contributed by atoms with Crippen LogP contribution in [0.1, 0.15) is 123 Å². The van der Waals surface area contributed by atoms with Crippen LogP contribution in [0.25, 0.3) is 0 Å². The summed E-state index contributed by atoms with van der Waals surface area (Å²) in [6, 6.07) is 0. The fourth-order valence-electron chi connectivity index (χ4n) is 3.74. The fourth-order valence-corrected chi connectivity index (χ4v) is 3.74. The number of hydrogen-bond donors (Lipinski definition) is 0. The highest BCUT2D eigenvalue weighted by atomic mass is 15.1. The van der Waals surface area contributed by atoms with Crippen molar-refractivity contribution in [2.75, 3.05) is 0 Å². The van der Waals surface area contributed by atoms with E-state index in [9.17, 15) is 0 Å². The smallest absolute Gasteiger partial charge is 0.237 e. The molecular weight excluding hydrogens is 316 g/mol. The molecule has 2 heteroatoms. The molecule has 152 valence electrons. The minimum absolute atomic E-state index is 1.19. The predicted molar refractivity (Wildman–Crippen MR) is 114 cm³/mol. The molecule has 26 heavy (non-hydrogen) atoms. The molecule has 0 spiro atoms. The van der Waals surface area contributed by atoms with E-state index in [1.807, 2.05) is 0 Å². The molecule has 0 aromatic carbocycles. The SMILES string of the molecule is CCCCCCCCCCC[n+]1ccn(CCCCCCCCCC)c1. The number of aryl methyl sites for hydroxylation is 2. The van der Waals surface area contributed by atoms with Gasteiger partial charge in [-0.2, -0.15) is 0 Å². The van der Waals surface area contributed by atoms with E-state index in [1.54, 1.807) is 0 Å². The summed E-state index contributed by atoms with van der Waals surface area (Å²) in [6.07, 6.45) is 30.8. The molecule has 1 rings (SSSR count). The van der Waals surface area contributed by atoms with E-state index in [-0.39, 0.29) is 0 Å². The third-order valence-electron chi connectivity index (χ3n) is 5.54. The largest absolute Gasteiger partial charge is 0.243 e. The number of hydrogen-bond acceptors (Lipinski definition) is 0. The minimum Gasteiger partial charge on any atom is -0.237 e. The van der Waals surface area contributed by atoms with Crippen molar-refractivity contribution in [3.8, 4) is 0 Å². The maximum Gasteiger partial charge on any atom is 0.243 e. The lowest BCUT2D eigenvalue weighted by atomic mass is 10.1. The Hall–Kier alpha value is -0.790. The van der Waals surface area contributed by atoms with Gasteiger partial charge in [0, 0.05) is 0 Å². The lowest BCUT2D eigenvalue weighted by Gasteiger charge is -2.01. The average molecular weight is 364 g/mol. The van der Waals surface area contributed by atoms with Gasteiger partial charge in [-0.3, -0.25) is 0 Å². The lowest BCUT2D eigenvalue weighted by molar-refractivity contribution is -0.696. The van der Waals surface area contributed by atoms with Crippen LogP contribution >= 0.6 is 0 Å². The van der Waals surface area contributed by atoms with Crippen LogP contribution in [0.4, 0.5) is 0 Å². The summed E-state index contributed by atoms with van der Waals surface area (Å²) >= 11 is 0. The highest BCUT2D eigenvalue weighted by molar-refractivity contribution is 4.66. The van der Waals surface area contributed by atoms with E-state index < -0.39 is 0 Å². The first-order valence-electron chi connectivity index (χ1n) is 11.9. The quantitative estimate of drug-likeness (QED) is 0.178. The third kappa shape index (κ3) is 13.4. The van der Waals surface area contributed by atoms with Crippen molar-refractivity contribution >= 4 is 0 Å². The van der Waals surface area contributed by atoms with Gasteiger partial charge in [-0.15, -0.1) is 0 Å². The Labute approximate surface area is 164 Å². The van der Waals surface area contributed by atoms with Crippen LogP contribution in [0.3, 0.4) is 0 Å². The van der Waals surface area contributed by atoms with Crippen molar-refractivity contribution in [1.29, 1.82) is 0 Å². The zero-order valence-corrected chi connectivity index (χ0v) is 18.1. The van der Waals surface area contributed by atoms with Gasteiger partial charge in [0.15, 0.2) is 0 Å². The van der Waals surface area contributed by atoms with Gasteiger partial charge in [0.25, 0.3) is 0 Å². The van der Waals surface area contributed by atoms with Gasteiger partial charge < -0.3 is 0 Å². The van der Waals surface area contributed by atoms with Crippen LogP contribution in [0.5, 0.6) is 0 Å². The van der Waals surface area contributed by atoms with E-state index in [2.05, 4.69) is 41.7 Å². The first kappa shape index (κ1) is 23.2. The Morgan fingerprint density at radius 3 is 1.58 bits per heavy atom. The maximum atomic E-state index is 2.38. The molecule has 2 nitrogen and oxygen atoms in total. The normalized spacial score (nSPS) is 11.3. The predicted octanol–water partition coefficient (Wildman–Crippen LogP) is 7.45. The molecular formula is C24H47N2+. The van der Waals surface area contributed by atoms with E-state index in [4.69, 9.17) is 0 Å². The Bertz CT molecular complexity index is 397. The molecule has 0 amide bonds. The highest BCUT2D eigenvalue weighted by Gasteiger charge is 2.03. The first-order valence-corrected chi connectivity index (χ1v) is 11.9. The van der Waals surface area contributed by atoms with Gasteiger partial charge >= 0.3 is 0 Å². The standard InChI is InChI=1S/C24H47N2/c1-3-5-7-9-11-13-15-17-19-21-26-23-22-25(24-26)20-18-16-14-12-10-8-6-4-2/h22-24H,3-21H2,1-2H3/q+1. The third-order valence-corrected chi connectivity index (χ3v) is 5.54. The van der Waals surface area contributed by atoms with Crippen molar-refractivity contribution in [3.63, 3.8) is 0 Å². The van der Waals surface area contributed by atoms with Gasteiger partial charge in [-0.1, -0.05) is 97.3 Å². The van der Waals surface area contributed by atoms with Crippen LogP contribution < -0.4 is 4.57 Å². The second-order valence-corrected chi connectivity index (χ2v) is 8.19. The van der Waals surface area contributed by atoms with Crippen LogP contribution in [-0.2, 0) is 13.1 Å². The number of rotatable bonds is 19. The molecule has 1 aromatic heterocycles. The van der Waals surface area contributed by atoms with Crippen molar-refractivity contribution in [2.45, 2.75) is 136 Å². The molecule has 1 heterocycles. The zero-order chi connectivity index (χ0) is 18.7. The molecule has 0 fully saturated rings. The summed E-state index contributed by atoms with van der Waals surface area (Å²) in [5.41, 5.74) is 0. The van der Waals surface area contributed by atoms with Crippen molar-refractivity contribution in [2.24, 2.45) is 0 Å². The van der Waals surface area contributed by atoms with Crippen molar-refractivity contribution < 1.29 is 4.57 Å². The molecule has 0 aliphatic rings. The molecule has 0 saturated carbocycles. The van der Waals surface area contributed by atoms with E-state index >= 15 is 0 Å². The van der Waals surface area contributed by atoms with Crippen molar-refractivity contribution in [1.82, 2.24) is 4.57 Å².